The number of carbonyl (C=O) groups is 1. The van der Waals surface area contributed by atoms with Crippen molar-refractivity contribution in [3.05, 3.63) is 33.9 Å². The first kappa shape index (κ1) is 18.4. The Hall–Kier alpha value is -1.97. The third-order valence-electron chi connectivity index (χ3n) is 5.04. The quantitative estimate of drug-likeness (QED) is 0.676. The van der Waals surface area contributed by atoms with E-state index in [2.05, 4.69) is 20.8 Å². The molecule has 2 rings (SSSR count). The lowest BCUT2D eigenvalue weighted by atomic mass is 9.73. The Morgan fingerprint density at radius 2 is 1.96 bits per heavy atom. The van der Waals surface area contributed by atoms with E-state index in [1.807, 2.05) is 6.92 Å². The molecule has 0 bridgehead atoms. The Kier molecular flexibility index (Phi) is 5.26. The molecule has 0 saturated carbocycles. The molecule has 0 heterocycles. The van der Waals surface area contributed by atoms with Gasteiger partial charge in [0.15, 0.2) is 0 Å². The molecule has 0 saturated heterocycles. The third kappa shape index (κ3) is 3.74. The zero-order valence-electron chi connectivity index (χ0n) is 15.1. The number of allylic oxidation sites excluding steroid dienone is 2. The summed E-state index contributed by atoms with van der Waals surface area (Å²) in [6.07, 6.45) is 4.63. The van der Waals surface area contributed by atoms with E-state index in [9.17, 15) is 20.1 Å². The van der Waals surface area contributed by atoms with Gasteiger partial charge >= 0.3 is 5.97 Å². The zero-order valence-corrected chi connectivity index (χ0v) is 15.1. The van der Waals surface area contributed by atoms with Crippen LogP contribution in [-0.2, 0) is 12.8 Å². The molecular formula is C20H28O4. The fraction of sp³-hybridized carbons (Fsp3) is 0.550. The molecule has 1 aliphatic rings. The maximum Gasteiger partial charge on any atom is 0.339 e. The van der Waals surface area contributed by atoms with Crippen molar-refractivity contribution in [2.45, 2.75) is 66.2 Å². The van der Waals surface area contributed by atoms with Crippen molar-refractivity contribution in [2.75, 3.05) is 0 Å². The summed E-state index contributed by atoms with van der Waals surface area (Å²) in [4.78, 5) is 11.6. The van der Waals surface area contributed by atoms with Crippen molar-refractivity contribution in [1.29, 1.82) is 0 Å². The summed E-state index contributed by atoms with van der Waals surface area (Å²) in [5.41, 5.74) is 3.49. The van der Waals surface area contributed by atoms with E-state index >= 15 is 0 Å². The standard InChI is InChI=1S/C20H28O4/c1-5-6-14-10-16(21)15(18(22)17(14)19(23)24)9-13-7-8-20(3,4)11-12(13)2/h10,21-22H,5-9,11H2,1-4H3,(H,23,24). The minimum absolute atomic E-state index is 0.00826. The molecule has 1 aromatic rings. The average molecular weight is 332 g/mol. The third-order valence-corrected chi connectivity index (χ3v) is 5.04. The fourth-order valence-electron chi connectivity index (χ4n) is 3.71. The smallest absolute Gasteiger partial charge is 0.339 e. The molecule has 3 N–H and O–H groups in total. The molecule has 0 unspecified atom stereocenters. The molecule has 4 heteroatoms. The first-order valence-electron chi connectivity index (χ1n) is 8.63. The van der Waals surface area contributed by atoms with Gasteiger partial charge in [0.25, 0.3) is 0 Å². The van der Waals surface area contributed by atoms with Crippen molar-refractivity contribution in [2.24, 2.45) is 5.41 Å². The van der Waals surface area contributed by atoms with Crippen LogP contribution in [0, 0.1) is 5.41 Å². The summed E-state index contributed by atoms with van der Waals surface area (Å²) in [6, 6.07) is 1.50. The van der Waals surface area contributed by atoms with Crippen LogP contribution in [-0.4, -0.2) is 21.3 Å². The summed E-state index contributed by atoms with van der Waals surface area (Å²) >= 11 is 0. The van der Waals surface area contributed by atoms with Crippen LogP contribution in [0.2, 0.25) is 0 Å². The Balaban J connectivity index is 2.45. The van der Waals surface area contributed by atoms with Gasteiger partial charge in [-0.15, -0.1) is 0 Å². The van der Waals surface area contributed by atoms with Crippen LogP contribution in [0.25, 0.3) is 0 Å². The maximum atomic E-state index is 11.6. The highest BCUT2D eigenvalue weighted by Crippen LogP contribution is 2.42. The summed E-state index contributed by atoms with van der Waals surface area (Å²) < 4.78 is 0. The lowest BCUT2D eigenvalue weighted by molar-refractivity contribution is 0.0692. The van der Waals surface area contributed by atoms with Gasteiger partial charge in [-0.1, -0.05) is 38.3 Å². The second-order valence-electron chi connectivity index (χ2n) is 7.71. The number of carboxylic acid groups (broad SMARTS) is 1. The first-order valence-corrected chi connectivity index (χ1v) is 8.63. The number of carboxylic acids is 1. The molecule has 0 amide bonds. The van der Waals surface area contributed by atoms with Crippen molar-refractivity contribution >= 4 is 5.97 Å². The summed E-state index contributed by atoms with van der Waals surface area (Å²) in [5, 5.41) is 30.3. The Labute approximate surface area is 143 Å². The van der Waals surface area contributed by atoms with Gasteiger partial charge in [-0.05, 0) is 49.7 Å². The molecule has 132 valence electrons. The lowest BCUT2D eigenvalue weighted by Crippen LogP contribution is -2.18. The molecule has 0 atom stereocenters. The molecular weight excluding hydrogens is 304 g/mol. The van der Waals surface area contributed by atoms with Gasteiger partial charge in [0.2, 0.25) is 0 Å². The molecule has 0 spiro atoms. The van der Waals surface area contributed by atoms with Crippen LogP contribution in [0.5, 0.6) is 11.5 Å². The minimum Gasteiger partial charge on any atom is -0.508 e. The number of aromatic carboxylic acids is 1. The maximum absolute atomic E-state index is 11.6. The van der Waals surface area contributed by atoms with Crippen molar-refractivity contribution < 1.29 is 20.1 Å². The van der Waals surface area contributed by atoms with E-state index in [1.165, 1.54) is 17.2 Å². The topological polar surface area (TPSA) is 77.8 Å². The normalized spacial score (nSPS) is 17.2. The highest BCUT2D eigenvalue weighted by molar-refractivity contribution is 5.93. The van der Waals surface area contributed by atoms with Gasteiger partial charge < -0.3 is 15.3 Å². The molecule has 0 aliphatic heterocycles. The van der Waals surface area contributed by atoms with E-state index in [-0.39, 0.29) is 22.5 Å². The average Bonchev–Trinajstić information content (AvgIpc) is 2.44. The summed E-state index contributed by atoms with van der Waals surface area (Å²) in [7, 11) is 0. The molecule has 24 heavy (non-hydrogen) atoms. The van der Waals surface area contributed by atoms with E-state index in [4.69, 9.17) is 0 Å². The SMILES string of the molecule is CCCc1cc(O)c(CC2=C(C)CC(C)(C)CC2)c(O)c1C(=O)O. The summed E-state index contributed by atoms with van der Waals surface area (Å²) in [5.74, 6) is -1.44. The second-order valence-corrected chi connectivity index (χ2v) is 7.71. The molecule has 1 aromatic carbocycles. The van der Waals surface area contributed by atoms with Crippen LogP contribution in [0.4, 0.5) is 0 Å². The van der Waals surface area contributed by atoms with Gasteiger partial charge in [0.1, 0.15) is 17.1 Å². The van der Waals surface area contributed by atoms with Crippen molar-refractivity contribution in [3.63, 3.8) is 0 Å². The fourth-order valence-corrected chi connectivity index (χ4v) is 3.71. The van der Waals surface area contributed by atoms with Crippen LogP contribution in [0.15, 0.2) is 17.2 Å². The van der Waals surface area contributed by atoms with Gasteiger partial charge in [0.05, 0.1) is 0 Å². The number of aryl methyl sites for hydroxylation is 1. The number of hydrogen-bond donors (Lipinski definition) is 3. The predicted octanol–water partition coefficient (Wildman–Crippen LogP) is 4.82. The number of hydrogen-bond acceptors (Lipinski definition) is 3. The molecule has 0 aromatic heterocycles. The van der Waals surface area contributed by atoms with E-state index in [0.29, 0.717) is 24.0 Å². The zero-order chi connectivity index (χ0) is 18.1. The number of phenols is 2. The molecule has 0 radical (unpaired) electrons. The monoisotopic (exact) mass is 332 g/mol. The second kappa shape index (κ2) is 6.88. The molecule has 4 nitrogen and oxygen atoms in total. The van der Waals surface area contributed by atoms with Crippen molar-refractivity contribution in [3.8, 4) is 11.5 Å². The summed E-state index contributed by atoms with van der Waals surface area (Å²) in [6.45, 7) is 8.51. The van der Waals surface area contributed by atoms with Gasteiger partial charge in [-0.25, -0.2) is 4.79 Å². The lowest BCUT2D eigenvalue weighted by Gasteiger charge is -2.32. The van der Waals surface area contributed by atoms with Crippen LogP contribution < -0.4 is 0 Å². The first-order chi connectivity index (χ1) is 11.2. The van der Waals surface area contributed by atoms with Gasteiger partial charge in [-0.3, -0.25) is 0 Å². The van der Waals surface area contributed by atoms with Gasteiger partial charge in [0, 0.05) is 12.0 Å². The Bertz CT molecular complexity index is 683. The predicted molar refractivity (Wildman–Crippen MR) is 94.8 cm³/mol. The number of phenolic OH excluding ortho intramolecular Hbond substituents is 1. The number of benzene rings is 1. The Morgan fingerprint density at radius 3 is 2.50 bits per heavy atom. The van der Waals surface area contributed by atoms with Crippen molar-refractivity contribution in [1.82, 2.24) is 0 Å². The molecule has 1 aliphatic carbocycles. The van der Waals surface area contributed by atoms with Crippen LogP contribution in [0.3, 0.4) is 0 Å². The van der Waals surface area contributed by atoms with E-state index < -0.39 is 5.97 Å². The van der Waals surface area contributed by atoms with Crippen LogP contribution in [0.1, 0.15) is 74.9 Å². The number of aromatic hydroxyl groups is 2. The van der Waals surface area contributed by atoms with E-state index in [0.717, 1.165) is 25.7 Å². The highest BCUT2D eigenvalue weighted by Gasteiger charge is 2.27. The Morgan fingerprint density at radius 1 is 1.29 bits per heavy atom. The highest BCUT2D eigenvalue weighted by atomic mass is 16.4. The van der Waals surface area contributed by atoms with Crippen LogP contribution >= 0.6 is 0 Å². The minimum atomic E-state index is -1.15. The number of rotatable bonds is 5. The largest absolute Gasteiger partial charge is 0.508 e. The molecule has 0 fully saturated rings. The van der Waals surface area contributed by atoms with Gasteiger partial charge in [-0.2, -0.15) is 0 Å². The van der Waals surface area contributed by atoms with E-state index in [1.54, 1.807) is 0 Å².